The van der Waals surface area contributed by atoms with Crippen molar-refractivity contribution in [2.24, 2.45) is 0 Å². The van der Waals surface area contributed by atoms with E-state index in [9.17, 15) is 4.79 Å². The average Bonchev–Trinajstić information content (AvgIpc) is 2.38. The Bertz CT molecular complexity index is 501. The predicted octanol–water partition coefficient (Wildman–Crippen LogP) is 0.982. The van der Waals surface area contributed by atoms with Gasteiger partial charge in [0.2, 0.25) is 5.24 Å². The molecule has 0 radical (unpaired) electrons. The predicted molar refractivity (Wildman–Crippen MR) is 60.9 cm³/mol. The third-order valence-corrected chi connectivity index (χ3v) is 2.37. The number of aromatic nitrogens is 4. The third kappa shape index (κ3) is 3.29. The van der Waals surface area contributed by atoms with Crippen molar-refractivity contribution in [2.75, 3.05) is 0 Å². The van der Waals surface area contributed by atoms with E-state index >= 15 is 0 Å². The summed E-state index contributed by atoms with van der Waals surface area (Å²) < 4.78 is 1.65. The molecule has 0 unspecified atom stereocenters. The molecule has 0 aromatic carbocycles. The molecule has 0 atom stereocenters. The second-order valence-corrected chi connectivity index (χ2v) is 3.81. The number of nitrogens with zero attached hydrogens (tertiary/aromatic N) is 4. The lowest BCUT2D eigenvalue weighted by Gasteiger charge is -1.96. The van der Waals surface area contributed by atoms with Gasteiger partial charge in [-0.1, -0.05) is 4.68 Å². The summed E-state index contributed by atoms with van der Waals surface area (Å²) in [5.74, 6) is 0. The Balaban J connectivity index is 2.11. The first-order valence-electron chi connectivity index (χ1n) is 5.08. The summed E-state index contributed by atoms with van der Waals surface area (Å²) in [6.45, 7) is 0.475. The first-order valence-corrected chi connectivity index (χ1v) is 5.46. The molecule has 0 N–H and O–H groups in total. The topological polar surface area (TPSA) is 59.6 Å². The molecular weight excluding hydrogens is 240 g/mol. The molecule has 0 aliphatic carbocycles. The van der Waals surface area contributed by atoms with Gasteiger partial charge in [-0.15, -0.1) is 0 Å². The van der Waals surface area contributed by atoms with E-state index in [0.29, 0.717) is 6.54 Å². The van der Waals surface area contributed by atoms with Crippen molar-refractivity contribution in [3.05, 3.63) is 36.8 Å². The zero-order valence-electron chi connectivity index (χ0n) is 8.95. The van der Waals surface area contributed by atoms with E-state index in [1.54, 1.807) is 23.3 Å². The van der Waals surface area contributed by atoms with E-state index in [-0.39, 0.29) is 11.7 Å². The lowest BCUT2D eigenvalue weighted by molar-refractivity contribution is -0.752. The van der Waals surface area contributed by atoms with Crippen molar-refractivity contribution >= 4 is 16.8 Å². The van der Waals surface area contributed by atoms with E-state index in [0.717, 1.165) is 11.3 Å². The largest absolute Gasteiger partial charge is 0.281 e. The molecule has 0 amide bonds. The SMILES string of the molecule is O=C(Cl)CC[n+]1ccc(-c2cccnn2)cn1. The van der Waals surface area contributed by atoms with Crippen LogP contribution < -0.4 is 4.68 Å². The van der Waals surface area contributed by atoms with Gasteiger partial charge in [-0.25, -0.2) is 0 Å². The summed E-state index contributed by atoms with van der Waals surface area (Å²) in [4.78, 5) is 10.6. The average molecular weight is 250 g/mol. The third-order valence-electron chi connectivity index (χ3n) is 2.18. The summed E-state index contributed by atoms with van der Waals surface area (Å²) in [6, 6.07) is 5.54. The minimum Gasteiger partial charge on any atom is -0.281 e. The van der Waals surface area contributed by atoms with Crippen molar-refractivity contribution in [1.82, 2.24) is 15.3 Å². The molecule has 0 saturated heterocycles. The summed E-state index contributed by atoms with van der Waals surface area (Å²) >= 11 is 5.26. The second-order valence-electron chi connectivity index (χ2n) is 3.39. The quantitative estimate of drug-likeness (QED) is 0.599. The molecule has 2 aromatic heterocycles. The molecule has 0 spiro atoms. The van der Waals surface area contributed by atoms with Gasteiger partial charge in [-0.2, -0.15) is 10.2 Å². The van der Waals surface area contributed by atoms with Crippen LogP contribution >= 0.6 is 11.6 Å². The van der Waals surface area contributed by atoms with Crippen LogP contribution in [0.3, 0.4) is 0 Å². The van der Waals surface area contributed by atoms with Gasteiger partial charge in [-0.3, -0.25) is 4.79 Å². The molecule has 86 valence electrons. The number of carbonyl (C=O) groups excluding carboxylic acids is 1. The van der Waals surface area contributed by atoms with Crippen LogP contribution in [0.5, 0.6) is 0 Å². The van der Waals surface area contributed by atoms with Crippen molar-refractivity contribution < 1.29 is 9.48 Å². The Labute approximate surface area is 103 Å². The highest BCUT2D eigenvalue weighted by atomic mass is 35.5. The number of rotatable bonds is 4. The van der Waals surface area contributed by atoms with Gasteiger partial charge < -0.3 is 0 Å². The number of hydrogen-bond acceptors (Lipinski definition) is 4. The fourth-order valence-electron chi connectivity index (χ4n) is 1.33. The monoisotopic (exact) mass is 249 g/mol. The molecule has 2 heterocycles. The summed E-state index contributed by atoms with van der Waals surface area (Å²) in [5, 5.41) is 11.6. The smallest absolute Gasteiger partial charge is 0.228 e. The molecule has 0 fully saturated rings. The molecule has 2 aromatic rings. The van der Waals surface area contributed by atoms with Crippen LogP contribution in [0.15, 0.2) is 36.8 Å². The fraction of sp³-hybridized carbons (Fsp3) is 0.182. The number of aryl methyl sites for hydroxylation is 1. The van der Waals surface area contributed by atoms with Gasteiger partial charge in [0.25, 0.3) is 0 Å². The minimum atomic E-state index is -0.364. The van der Waals surface area contributed by atoms with Crippen LogP contribution in [-0.4, -0.2) is 20.5 Å². The van der Waals surface area contributed by atoms with Crippen LogP contribution in [0.2, 0.25) is 0 Å². The molecule has 0 bridgehead atoms. The van der Waals surface area contributed by atoms with Gasteiger partial charge >= 0.3 is 0 Å². The zero-order valence-corrected chi connectivity index (χ0v) is 9.71. The normalized spacial score (nSPS) is 10.2. The first-order chi connectivity index (χ1) is 8.25. The zero-order chi connectivity index (χ0) is 12.1. The van der Waals surface area contributed by atoms with Crippen LogP contribution in [0.4, 0.5) is 0 Å². The second kappa shape index (κ2) is 5.45. The van der Waals surface area contributed by atoms with Gasteiger partial charge in [0.05, 0.1) is 12.1 Å². The first kappa shape index (κ1) is 11.6. The summed E-state index contributed by atoms with van der Waals surface area (Å²) in [7, 11) is 0. The van der Waals surface area contributed by atoms with Gasteiger partial charge in [-0.05, 0) is 28.8 Å². The van der Waals surface area contributed by atoms with Gasteiger partial charge in [0.15, 0.2) is 12.7 Å². The Hall–Kier alpha value is -1.88. The molecule has 5 nitrogen and oxygen atoms in total. The van der Waals surface area contributed by atoms with Gasteiger partial charge in [0, 0.05) is 17.8 Å². The molecular formula is C11H10ClN4O+. The van der Waals surface area contributed by atoms with Crippen LogP contribution in [0, 0.1) is 0 Å². The maximum atomic E-state index is 10.6. The highest BCUT2D eigenvalue weighted by Crippen LogP contribution is 2.11. The van der Waals surface area contributed by atoms with E-state index in [2.05, 4.69) is 15.3 Å². The van der Waals surface area contributed by atoms with E-state index in [1.165, 1.54) is 0 Å². The summed E-state index contributed by atoms with van der Waals surface area (Å²) in [6.07, 6.45) is 5.35. The van der Waals surface area contributed by atoms with Crippen LogP contribution in [-0.2, 0) is 11.3 Å². The number of halogens is 1. The summed E-state index contributed by atoms with van der Waals surface area (Å²) in [5.41, 5.74) is 1.65. The van der Waals surface area contributed by atoms with Gasteiger partial charge in [0.1, 0.15) is 6.20 Å². The van der Waals surface area contributed by atoms with Crippen molar-refractivity contribution in [3.8, 4) is 11.3 Å². The Morgan fingerprint density at radius 1 is 1.41 bits per heavy atom. The van der Waals surface area contributed by atoms with E-state index < -0.39 is 0 Å². The lowest BCUT2D eigenvalue weighted by Crippen LogP contribution is -2.37. The molecule has 6 heteroatoms. The van der Waals surface area contributed by atoms with Crippen molar-refractivity contribution in [2.45, 2.75) is 13.0 Å². The molecule has 0 aliphatic rings. The Morgan fingerprint density at radius 2 is 2.29 bits per heavy atom. The maximum absolute atomic E-state index is 10.6. The molecule has 0 aliphatic heterocycles. The van der Waals surface area contributed by atoms with Crippen LogP contribution in [0.1, 0.15) is 6.42 Å². The lowest BCUT2D eigenvalue weighted by atomic mass is 10.2. The number of carbonyl (C=O) groups is 1. The van der Waals surface area contributed by atoms with E-state index in [1.807, 2.05) is 18.2 Å². The number of hydrogen-bond donors (Lipinski definition) is 0. The van der Waals surface area contributed by atoms with E-state index in [4.69, 9.17) is 11.6 Å². The molecule has 0 saturated carbocycles. The standard InChI is InChI=1S/C11H10ClN4O/c12-11(17)4-7-16-6-3-9(8-14-16)10-2-1-5-13-15-10/h1-3,5-6,8H,4,7H2/q+1. The van der Waals surface area contributed by atoms with Crippen LogP contribution in [0.25, 0.3) is 11.3 Å². The molecule has 2 rings (SSSR count). The maximum Gasteiger partial charge on any atom is 0.228 e. The fourth-order valence-corrected chi connectivity index (χ4v) is 1.41. The van der Waals surface area contributed by atoms with Crippen molar-refractivity contribution in [1.29, 1.82) is 0 Å². The highest BCUT2D eigenvalue weighted by Gasteiger charge is 2.07. The minimum absolute atomic E-state index is 0.268. The van der Waals surface area contributed by atoms with Crippen molar-refractivity contribution in [3.63, 3.8) is 0 Å². The Morgan fingerprint density at radius 3 is 2.88 bits per heavy atom. The Kier molecular flexibility index (Phi) is 3.72. The molecule has 17 heavy (non-hydrogen) atoms. The highest BCUT2D eigenvalue weighted by molar-refractivity contribution is 6.63.